The fourth-order valence-electron chi connectivity index (χ4n) is 2.63. The van der Waals surface area contributed by atoms with Crippen molar-refractivity contribution in [3.8, 4) is 11.5 Å². The zero-order chi connectivity index (χ0) is 21.6. The number of hydrogen-bond acceptors (Lipinski definition) is 9. The molecule has 0 saturated carbocycles. The van der Waals surface area contributed by atoms with Crippen molar-refractivity contribution in [2.75, 3.05) is 33.8 Å². The number of nitrogens with one attached hydrogen (secondary N) is 1. The minimum Gasteiger partial charge on any atom is -0.497 e. The summed E-state index contributed by atoms with van der Waals surface area (Å²) in [4.78, 5) is 37.1. The first kappa shape index (κ1) is 21.7. The smallest absolute Gasteiger partial charge is 0.361 e. The molecule has 11 heteroatoms. The Bertz CT molecular complexity index is 910. The molecule has 156 valence electrons. The Kier molecular flexibility index (Phi) is 7.12. The molecule has 0 aliphatic carbocycles. The van der Waals surface area contributed by atoms with Gasteiger partial charge in [-0.1, -0.05) is 12.1 Å². The minimum absolute atomic E-state index is 0.242. The lowest BCUT2D eigenvalue weighted by molar-refractivity contribution is -0.119. The normalized spacial score (nSPS) is 11.3. The summed E-state index contributed by atoms with van der Waals surface area (Å²) in [7, 11) is 5.24. The maximum atomic E-state index is 13.0. The summed E-state index contributed by atoms with van der Waals surface area (Å²) in [5, 5.41) is 10.2. The number of ether oxygens (including phenoxy) is 4. The lowest BCUT2D eigenvalue weighted by Crippen LogP contribution is -2.29. The molecule has 0 spiro atoms. The topological polar surface area (TPSA) is 131 Å². The van der Waals surface area contributed by atoms with E-state index in [-0.39, 0.29) is 17.8 Å². The zero-order valence-electron chi connectivity index (χ0n) is 16.7. The molecule has 0 bridgehead atoms. The van der Waals surface area contributed by atoms with Crippen LogP contribution < -0.4 is 14.8 Å². The van der Waals surface area contributed by atoms with Crippen molar-refractivity contribution in [3.05, 3.63) is 29.6 Å². The molecular formula is C18H22N4O7. The molecule has 0 aliphatic rings. The van der Waals surface area contributed by atoms with Crippen molar-refractivity contribution in [2.24, 2.45) is 0 Å². The molecule has 1 aromatic carbocycles. The summed E-state index contributed by atoms with van der Waals surface area (Å²) in [6, 6.07) is 3.94. The highest BCUT2D eigenvalue weighted by atomic mass is 16.5. The van der Waals surface area contributed by atoms with Gasteiger partial charge < -0.3 is 24.3 Å². The van der Waals surface area contributed by atoms with Crippen molar-refractivity contribution >= 4 is 23.5 Å². The standard InChI is InChI=1S/C18H22N4O7/c1-6-12(16(23)19-11-9-10(26-2)7-8-13(11)27-3)22-15(18(25)29-5)14(20-21-22)17(24)28-4/h7-9,12H,6H2,1-5H3,(H,19,23). The zero-order valence-corrected chi connectivity index (χ0v) is 16.7. The molecule has 11 nitrogen and oxygen atoms in total. The van der Waals surface area contributed by atoms with Gasteiger partial charge in [-0.3, -0.25) is 4.79 Å². The Morgan fingerprint density at radius 2 is 1.76 bits per heavy atom. The van der Waals surface area contributed by atoms with Gasteiger partial charge >= 0.3 is 11.9 Å². The fraction of sp³-hybridized carbons (Fsp3) is 0.389. The van der Waals surface area contributed by atoms with Crippen molar-refractivity contribution in [2.45, 2.75) is 19.4 Å². The van der Waals surface area contributed by atoms with Crippen molar-refractivity contribution in [1.82, 2.24) is 15.0 Å². The van der Waals surface area contributed by atoms with E-state index in [2.05, 4.69) is 20.4 Å². The van der Waals surface area contributed by atoms with Gasteiger partial charge in [0.05, 0.1) is 34.1 Å². The van der Waals surface area contributed by atoms with E-state index in [1.807, 2.05) is 0 Å². The predicted molar refractivity (Wildman–Crippen MR) is 100 cm³/mol. The van der Waals surface area contributed by atoms with Gasteiger partial charge in [-0.05, 0) is 18.6 Å². The second kappa shape index (κ2) is 9.53. The second-order valence-electron chi connectivity index (χ2n) is 5.69. The number of methoxy groups -OCH3 is 4. The van der Waals surface area contributed by atoms with Gasteiger partial charge in [0.15, 0.2) is 5.69 Å². The maximum absolute atomic E-state index is 13.0. The molecule has 1 atom stereocenters. The van der Waals surface area contributed by atoms with E-state index in [1.54, 1.807) is 25.1 Å². The highest BCUT2D eigenvalue weighted by molar-refractivity contribution is 6.01. The maximum Gasteiger partial charge on any atom is 0.361 e. The van der Waals surface area contributed by atoms with Crippen LogP contribution in [0.15, 0.2) is 18.2 Å². The summed E-state index contributed by atoms with van der Waals surface area (Å²) in [6.45, 7) is 1.72. The van der Waals surface area contributed by atoms with Crippen LogP contribution in [0, 0.1) is 0 Å². The van der Waals surface area contributed by atoms with Gasteiger partial charge in [0.1, 0.15) is 17.5 Å². The molecule has 1 heterocycles. The molecule has 1 aromatic heterocycles. The van der Waals surface area contributed by atoms with Crippen LogP contribution in [0.4, 0.5) is 5.69 Å². The average molecular weight is 406 g/mol. The molecule has 0 radical (unpaired) electrons. The van der Waals surface area contributed by atoms with E-state index in [0.717, 1.165) is 18.9 Å². The molecule has 0 saturated heterocycles. The highest BCUT2D eigenvalue weighted by Crippen LogP contribution is 2.30. The first-order valence-electron chi connectivity index (χ1n) is 8.56. The Morgan fingerprint density at radius 1 is 1.07 bits per heavy atom. The number of carbonyl (C=O) groups is 3. The van der Waals surface area contributed by atoms with E-state index in [4.69, 9.17) is 14.2 Å². The van der Waals surface area contributed by atoms with Crippen LogP contribution in [0.2, 0.25) is 0 Å². The third-order valence-corrected chi connectivity index (χ3v) is 4.10. The minimum atomic E-state index is -0.967. The predicted octanol–water partition coefficient (Wildman–Crippen LogP) is 1.46. The molecule has 2 aromatic rings. The van der Waals surface area contributed by atoms with E-state index in [9.17, 15) is 14.4 Å². The first-order valence-corrected chi connectivity index (χ1v) is 8.56. The summed E-state index contributed by atoms with van der Waals surface area (Å²) < 4.78 is 20.8. The molecule has 29 heavy (non-hydrogen) atoms. The van der Waals surface area contributed by atoms with Crippen LogP contribution in [0.25, 0.3) is 0 Å². The van der Waals surface area contributed by atoms with Gasteiger partial charge in [0.25, 0.3) is 0 Å². The number of carbonyl (C=O) groups excluding carboxylic acids is 3. The molecule has 1 N–H and O–H groups in total. The van der Waals surface area contributed by atoms with Crippen LogP contribution in [0.3, 0.4) is 0 Å². The molecular weight excluding hydrogens is 384 g/mol. The van der Waals surface area contributed by atoms with Crippen LogP contribution in [-0.2, 0) is 14.3 Å². The number of rotatable bonds is 8. The largest absolute Gasteiger partial charge is 0.497 e. The highest BCUT2D eigenvalue weighted by Gasteiger charge is 2.32. The summed E-state index contributed by atoms with van der Waals surface area (Å²) in [5.74, 6) is -1.33. The number of nitrogens with zero attached hydrogens (tertiary/aromatic N) is 3. The van der Waals surface area contributed by atoms with Crippen LogP contribution >= 0.6 is 0 Å². The average Bonchev–Trinajstić information content (AvgIpc) is 3.17. The molecule has 0 fully saturated rings. The van der Waals surface area contributed by atoms with Crippen molar-refractivity contribution < 1.29 is 33.3 Å². The third-order valence-electron chi connectivity index (χ3n) is 4.10. The summed E-state index contributed by atoms with van der Waals surface area (Å²) >= 11 is 0. The van der Waals surface area contributed by atoms with E-state index < -0.39 is 23.9 Å². The summed E-state index contributed by atoms with van der Waals surface area (Å²) in [5.41, 5.74) is -0.258. The number of amides is 1. The van der Waals surface area contributed by atoms with Crippen LogP contribution in [0.1, 0.15) is 40.4 Å². The Balaban J connectivity index is 2.44. The van der Waals surface area contributed by atoms with Gasteiger partial charge in [0.2, 0.25) is 11.6 Å². The van der Waals surface area contributed by atoms with Crippen molar-refractivity contribution in [1.29, 1.82) is 0 Å². The second-order valence-corrected chi connectivity index (χ2v) is 5.69. The van der Waals surface area contributed by atoms with Gasteiger partial charge in [-0.25, -0.2) is 14.3 Å². The molecule has 1 unspecified atom stereocenters. The lowest BCUT2D eigenvalue weighted by atomic mass is 10.1. The van der Waals surface area contributed by atoms with E-state index in [1.165, 1.54) is 14.2 Å². The Morgan fingerprint density at radius 3 is 2.31 bits per heavy atom. The van der Waals surface area contributed by atoms with Crippen LogP contribution in [-0.4, -0.2) is 61.3 Å². The van der Waals surface area contributed by atoms with Gasteiger partial charge in [-0.15, -0.1) is 5.10 Å². The Hall–Kier alpha value is -3.63. The fourth-order valence-corrected chi connectivity index (χ4v) is 2.63. The number of esters is 2. The van der Waals surface area contributed by atoms with Gasteiger partial charge in [0, 0.05) is 6.07 Å². The first-order chi connectivity index (χ1) is 13.9. The monoisotopic (exact) mass is 406 g/mol. The number of hydrogen-bond donors (Lipinski definition) is 1. The Labute approximate surface area is 166 Å². The third kappa shape index (κ3) is 4.45. The lowest BCUT2D eigenvalue weighted by Gasteiger charge is -2.18. The van der Waals surface area contributed by atoms with Crippen molar-refractivity contribution in [3.63, 3.8) is 0 Å². The van der Waals surface area contributed by atoms with Gasteiger partial charge in [-0.2, -0.15) is 0 Å². The van der Waals surface area contributed by atoms with E-state index in [0.29, 0.717) is 17.2 Å². The molecule has 0 aliphatic heterocycles. The SMILES string of the molecule is CCC(C(=O)Nc1cc(OC)ccc1OC)n1nnc(C(=O)OC)c1C(=O)OC. The quantitative estimate of drug-likeness (QED) is 0.647. The number of anilines is 1. The van der Waals surface area contributed by atoms with Crippen LogP contribution in [0.5, 0.6) is 11.5 Å². The van der Waals surface area contributed by atoms with E-state index >= 15 is 0 Å². The molecule has 2 rings (SSSR count). The number of aromatic nitrogens is 3. The summed E-state index contributed by atoms with van der Waals surface area (Å²) in [6.07, 6.45) is 0.242. The molecule has 1 amide bonds. The number of benzene rings is 1.